The van der Waals surface area contributed by atoms with Crippen molar-refractivity contribution in [1.29, 1.82) is 0 Å². The van der Waals surface area contributed by atoms with Crippen LogP contribution in [0.25, 0.3) is 0 Å². The molecule has 1 saturated heterocycles. The molecule has 1 unspecified atom stereocenters. The summed E-state index contributed by atoms with van der Waals surface area (Å²) in [5, 5.41) is 13.4. The lowest BCUT2D eigenvalue weighted by molar-refractivity contribution is -0.132. The Morgan fingerprint density at radius 1 is 1.65 bits per heavy atom. The molecule has 2 rings (SSSR count). The third-order valence-corrected chi connectivity index (χ3v) is 3.87. The van der Waals surface area contributed by atoms with Gasteiger partial charge in [0, 0.05) is 25.0 Å². The van der Waals surface area contributed by atoms with Gasteiger partial charge in [-0.3, -0.25) is 9.69 Å². The number of aromatic nitrogens is 1. The third kappa shape index (κ3) is 3.53. The summed E-state index contributed by atoms with van der Waals surface area (Å²) < 4.78 is 5.35. The average molecular weight is 299 g/mol. The van der Waals surface area contributed by atoms with Gasteiger partial charge in [-0.1, -0.05) is 0 Å². The van der Waals surface area contributed by atoms with E-state index in [1.807, 2.05) is 11.8 Å². The zero-order chi connectivity index (χ0) is 14.5. The summed E-state index contributed by atoms with van der Waals surface area (Å²) in [7, 11) is 0. The summed E-state index contributed by atoms with van der Waals surface area (Å²) in [6.07, 6.45) is 0. The molecule has 2 heterocycles. The van der Waals surface area contributed by atoms with E-state index in [2.05, 4.69) is 10.3 Å². The number of hydrogen-bond acceptors (Lipinski definition) is 6. The topological polar surface area (TPSA) is 91.8 Å². The summed E-state index contributed by atoms with van der Waals surface area (Å²) in [5.74, 6) is -1.09. The lowest BCUT2D eigenvalue weighted by Crippen LogP contribution is -2.53. The predicted molar refractivity (Wildman–Crippen MR) is 72.8 cm³/mol. The molecule has 8 heteroatoms. The number of nitrogens with zero attached hydrogens (tertiary/aromatic N) is 2. The van der Waals surface area contributed by atoms with Crippen LogP contribution in [-0.4, -0.2) is 59.2 Å². The molecule has 20 heavy (non-hydrogen) atoms. The molecule has 2 N–H and O–H groups in total. The minimum Gasteiger partial charge on any atom is -0.476 e. The number of carboxylic acid groups (broad SMARTS) is 1. The number of likely N-dealkylation sites (N-methyl/N-ethyl adjacent to an activating group) is 1. The van der Waals surface area contributed by atoms with E-state index in [0.29, 0.717) is 38.5 Å². The Bertz CT molecular complexity index is 491. The van der Waals surface area contributed by atoms with Crippen LogP contribution in [0.5, 0.6) is 0 Å². The van der Waals surface area contributed by atoms with Gasteiger partial charge in [0.1, 0.15) is 6.04 Å². The van der Waals surface area contributed by atoms with Gasteiger partial charge in [-0.25, -0.2) is 9.78 Å². The Labute approximate surface area is 120 Å². The molecule has 1 amide bonds. The van der Waals surface area contributed by atoms with Crippen molar-refractivity contribution in [2.24, 2.45) is 0 Å². The van der Waals surface area contributed by atoms with Gasteiger partial charge in [0.15, 0.2) is 0 Å². The number of hydrogen-bond donors (Lipinski definition) is 2. The van der Waals surface area contributed by atoms with Crippen LogP contribution in [0, 0.1) is 0 Å². The Morgan fingerprint density at radius 3 is 3.10 bits per heavy atom. The highest BCUT2D eigenvalue weighted by Gasteiger charge is 2.29. The van der Waals surface area contributed by atoms with Crippen molar-refractivity contribution in [1.82, 2.24) is 15.2 Å². The van der Waals surface area contributed by atoms with Crippen molar-refractivity contribution in [2.45, 2.75) is 19.5 Å². The molecule has 0 bridgehead atoms. The predicted octanol–water partition coefficient (Wildman–Crippen LogP) is 0.178. The Balaban J connectivity index is 2.04. The molecule has 1 aliphatic rings. The molecule has 1 atom stereocenters. The molecule has 0 aliphatic carbocycles. The maximum atomic E-state index is 12.0. The Morgan fingerprint density at radius 2 is 2.45 bits per heavy atom. The number of carbonyl (C=O) groups excluding carboxylic acids is 1. The van der Waals surface area contributed by atoms with Crippen LogP contribution in [0.3, 0.4) is 0 Å². The smallest absolute Gasteiger partial charge is 0.365 e. The molecular weight excluding hydrogens is 282 g/mol. The number of thiazole rings is 1. The largest absolute Gasteiger partial charge is 0.476 e. The highest BCUT2D eigenvalue weighted by Crippen LogP contribution is 2.15. The standard InChI is InChI=1S/C12H17N3O4S/c1-2-13-10(16)9-6-19-4-3-15(9)5-8-7-20-11(14-8)12(17)18/h7,9H,2-6H2,1H3,(H,13,16)(H,17,18). The number of ether oxygens (including phenoxy) is 1. The summed E-state index contributed by atoms with van der Waals surface area (Å²) >= 11 is 1.10. The normalized spacial score (nSPS) is 19.8. The second kappa shape index (κ2) is 6.78. The number of morpholine rings is 1. The monoisotopic (exact) mass is 299 g/mol. The van der Waals surface area contributed by atoms with E-state index in [-0.39, 0.29) is 17.0 Å². The molecular formula is C12H17N3O4S. The molecule has 0 saturated carbocycles. The number of carbonyl (C=O) groups is 2. The van der Waals surface area contributed by atoms with E-state index in [9.17, 15) is 9.59 Å². The number of rotatable bonds is 5. The number of nitrogens with one attached hydrogen (secondary N) is 1. The first kappa shape index (κ1) is 14.9. The van der Waals surface area contributed by atoms with E-state index in [1.165, 1.54) is 0 Å². The maximum absolute atomic E-state index is 12.0. The second-order valence-electron chi connectivity index (χ2n) is 4.40. The zero-order valence-electron chi connectivity index (χ0n) is 11.2. The molecule has 0 spiro atoms. The van der Waals surface area contributed by atoms with E-state index in [1.54, 1.807) is 5.38 Å². The van der Waals surface area contributed by atoms with Crippen LogP contribution >= 0.6 is 11.3 Å². The van der Waals surface area contributed by atoms with Gasteiger partial charge in [0.05, 0.1) is 18.9 Å². The molecule has 7 nitrogen and oxygen atoms in total. The van der Waals surface area contributed by atoms with Gasteiger partial charge < -0.3 is 15.2 Å². The van der Waals surface area contributed by atoms with Crippen molar-refractivity contribution in [2.75, 3.05) is 26.3 Å². The van der Waals surface area contributed by atoms with Crippen molar-refractivity contribution in [3.63, 3.8) is 0 Å². The SMILES string of the molecule is CCNC(=O)C1COCCN1Cc1csc(C(=O)O)n1. The van der Waals surface area contributed by atoms with Gasteiger partial charge in [0.25, 0.3) is 0 Å². The van der Waals surface area contributed by atoms with Crippen LogP contribution in [0.2, 0.25) is 0 Å². The molecule has 1 fully saturated rings. The first-order chi connectivity index (χ1) is 9.61. The first-order valence-electron chi connectivity index (χ1n) is 6.39. The average Bonchev–Trinajstić information content (AvgIpc) is 2.88. The molecule has 0 radical (unpaired) electrons. The van der Waals surface area contributed by atoms with Crippen LogP contribution in [-0.2, 0) is 16.1 Å². The molecule has 0 aromatic carbocycles. The lowest BCUT2D eigenvalue weighted by atomic mass is 10.2. The van der Waals surface area contributed by atoms with Gasteiger partial charge in [0.2, 0.25) is 10.9 Å². The Kier molecular flexibility index (Phi) is 5.05. The van der Waals surface area contributed by atoms with E-state index in [0.717, 1.165) is 11.3 Å². The lowest BCUT2D eigenvalue weighted by Gasteiger charge is -2.33. The van der Waals surface area contributed by atoms with Crippen LogP contribution < -0.4 is 5.32 Å². The van der Waals surface area contributed by atoms with E-state index >= 15 is 0 Å². The molecule has 1 aromatic heterocycles. The van der Waals surface area contributed by atoms with Gasteiger partial charge >= 0.3 is 5.97 Å². The maximum Gasteiger partial charge on any atom is 0.365 e. The van der Waals surface area contributed by atoms with Crippen LogP contribution in [0.4, 0.5) is 0 Å². The van der Waals surface area contributed by atoms with Gasteiger partial charge in [-0.2, -0.15) is 0 Å². The third-order valence-electron chi connectivity index (χ3n) is 2.99. The summed E-state index contributed by atoms with van der Waals surface area (Å²) in [6.45, 7) is 4.43. The Hall–Kier alpha value is -1.51. The van der Waals surface area contributed by atoms with Crippen LogP contribution in [0.1, 0.15) is 22.4 Å². The molecule has 1 aromatic rings. The summed E-state index contributed by atoms with van der Waals surface area (Å²) in [5.41, 5.74) is 0.670. The van der Waals surface area contributed by atoms with Gasteiger partial charge in [-0.05, 0) is 6.92 Å². The summed E-state index contributed by atoms with van der Waals surface area (Å²) in [4.78, 5) is 28.8. The number of carboxylic acids is 1. The van der Waals surface area contributed by atoms with E-state index in [4.69, 9.17) is 9.84 Å². The zero-order valence-corrected chi connectivity index (χ0v) is 12.0. The van der Waals surface area contributed by atoms with Crippen molar-refractivity contribution in [3.05, 3.63) is 16.1 Å². The van der Waals surface area contributed by atoms with Crippen molar-refractivity contribution >= 4 is 23.2 Å². The fourth-order valence-electron chi connectivity index (χ4n) is 2.05. The highest BCUT2D eigenvalue weighted by molar-refractivity contribution is 7.11. The van der Waals surface area contributed by atoms with Crippen LogP contribution in [0.15, 0.2) is 5.38 Å². The summed E-state index contributed by atoms with van der Waals surface area (Å²) in [6, 6.07) is -0.348. The number of aromatic carboxylic acids is 1. The first-order valence-corrected chi connectivity index (χ1v) is 7.27. The molecule has 1 aliphatic heterocycles. The van der Waals surface area contributed by atoms with E-state index < -0.39 is 5.97 Å². The quantitative estimate of drug-likeness (QED) is 0.806. The van der Waals surface area contributed by atoms with Crippen molar-refractivity contribution in [3.8, 4) is 0 Å². The van der Waals surface area contributed by atoms with Gasteiger partial charge in [-0.15, -0.1) is 11.3 Å². The fourth-order valence-corrected chi connectivity index (χ4v) is 2.69. The molecule has 110 valence electrons. The minimum atomic E-state index is -1.02. The fraction of sp³-hybridized carbons (Fsp3) is 0.583. The van der Waals surface area contributed by atoms with Crippen molar-refractivity contribution < 1.29 is 19.4 Å². The second-order valence-corrected chi connectivity index (χ2v) is 5.26. The highest BCUT2D eigenvalue weighted by atomic mass is 32.1. The number of amides is 1. The minimum absolute atomic E-state index is 0.0686.